The molecule has 0 aromatic carbocycles. The predicted octanol–water partition coefficient (Wildman–Crippen LogP) is 1.07. The Morgan fingerprint density at radius 3 is 2.28 bits per heavy atom. The molecule has 1 saturated carbocycles. The van der Waals surface area contributed by atoms with E-state index in [1.165, 1.54) is 0 Å². The molecule has 0 bridgehead atoms. The number of nitrogens with zero attached hydrogens (tertiary/aromatic N) is 1. The first kappa shape index (κ1) is 15.0. The Labute approximate surface area is 108 Å². The lowest BCUT2D eigenvalue weighted by Gasteiger charge is -2.16. The van der Waals surface area contributed by atoms with E-state index in [-0.39, 0.29) is 5.92 Å². The maximum atomic E-state index is 12.1. The van der Waals surface area contributed by atoms with Crippen LogP contribution in [0.15, 0.2) is 0 Å². The van der Waals surface area contributed by atoms with Gasteiger partial charge in [0.2, 0.25) is 0 Å². The molecule has 1 aliphatic carbocycles. The molecule has 1 aliphatic rings. The highest BCUT2D eigenvalue weighted by molar-refractivity contribution is 6.03. The largest absolute Gasteiger partial charge is 0.465 e. The number of hydrogen-bond donors (Lipinski definition) is 0. The average molecular weight is 257 g/mol. The number of rotatable bonds is 7. The van der Waals surface area contributed by atoms with Gasteiger partial charge in [0.15, 0.2) is 5.41 Å². The second kappa shape index (κ2) is 6.18. The van der Waals surface area contributed by atoms with E-state index in [4.69, 9.17) is 9.47 Å². The van der Waals surface area contributed by atoms with Crippen molar-refractivity contribution in [3.05, 3.63) is 0 Å². The molecule has 0 radical (unpaired) electrons. The normalized spacial score (nSPS) is 25.9. The standard InChI is InChI=1S/C13H23NO4/c1-5-10-9-13(10,11(15)17-6-2)12(16)18-8-7-14(3)4/h10H,5-9H2,1-4H3. The van der Waals surface area contributed by atoms with Gasteiger partial charge in [-0.05, 0) is 33.4 Å². The summed E-state index contributed by atoms with van der Waals surface area (Å²) in [6.45, 7) is 4.97. The molecule has 2 atom stereocenters. The van der Waals surface area contributed by atoms with E-state index in [0.717, 1.165) is 6.42 Å². The summed E-state index contributed by atoms with van der Waals surface area (Å²) in [7, 11) is 3.81. The zero-order valence-corrected chi connectivity index (χ0v) is 11.7. The number of likely N-dealkylation sites (N-methyl/N-ethyl adjacent to an activating group) is 1. The summed E-state index contributed by atoms with van der Waals surface area (Å²) in [4.78, 5) is 25.9. The van der Waals surface area contributed by atoms with E-state index < -0.39 is 17.4 Å². The fourth-order valence-electron chi connectivity index (χ4n) is 2.12. The van der Waals surface area contributed by atoms with E-state index in [1.54, 1.807) is 6.92 Å². The zero-order valence-electron chi connectivity index (χ0n) is 11.7. The Balaban J connectivity index is 2.57. The molecule has 1 fully saturated rings. The van der Waals surface area contributed by atoms with Crippen LogP contribution in [0.4, 0.5) is 0 Å². The van der Waals surface area contributed by atoms with Crippen molar-refractivity contribution in [2.45, 2.75) is 26.7 Å². The highest BCUT2D eigenvalue weighted by Gasteiger charge is 2.67. The molecule has 104 valence electrons. The first-order valence-corrected chi connectivity index (χ1v) is 6.48. The minimum Gasteiger partial charge on any atom is -0.465 e. The van der Waals surface area contributed by atoms with Crippen molar-refractivity contribution < 1.29 is 19.1 Å². The van der Waals surface area contributed by atoms with Gasteiger partial charge in [0.05, 0.1) is 6.61 Å². The molecule has 0 aromatic rings. The smallest absolute Gasteiger partial charge is 0.323 e. The Morgan fingerprint density at radius 2 is 1.83 bits per heavy atom. The number of carbonyl (C=O) groups is 2. The summed E-state index contributed by atoms with van der Waals surface area (Å²) in [6, 6.07) is 0. The Bertz CT molecular complexity index is 316. The Hall–Kier alpha value is -1.10. The molecule has 5 nitrogen and oxygen atoms in total. The number of esters is 2. The van der Waals surface area contributed by atoms with Gasteiger partial charge in [-0.2, -0.15) is 0 Å². The van der Waals surface area contributed by atoms with Crippen LogP contribution in [0.5, 0.6) is 0 Å². The van der Waals surface area contributed by atoms with Crippen molar-refractivity contribution in [3.63, 3.8) is 0 Å². The van der Waals surface area contributed by atoms with E-state index in [2.05, 4.69) is 0 Å². The van der Waals surface area contributed by atoms with Crippen molar-refractivity contribution in [2.75, 3.05) is 33.9 Å². The first-order valence-electron chi connectivity index (χ1n) is 6.48. The van der Waals surface area contributed by atoms with Crippen LogP contribution in [0, 0.1) is 11.3 Å². The second-order valence-corrected chi connectivity index (χ2v) is 4.94. The third-order valence-electron chi connectivity index (χ3n) is 3.37. The van der Waals surface area contributed by atoms with Gasteiger partial charge >= 0.3 is 11.9 Å². The van der Waals surface area contributed by atoms with Crippen LogP contribution in [0.3, 0.4) is 0 Å². The van der Waals surface area contributed by atoms with Gasteiger partial charge in [0.25, 0.3) is 0 Å². The van der Waals surface area contributed by atoms with Crippen molar-refractivity contribution in [2.24, 2.45) is 11.3 Å². The van der Waals surface area contributed by atoms with Crippen LogP contribution in [0.1, 0.15) is 26.7 Å². The molecule has 0 amide bonds. The van der Waals surface area contributed by atoms with Gasteiger partial charge in [0.1, 0.15) is 6.61 Å². The SMILES string of the molecule is CCOC(=O)C1(C(=O)OCCN(C)C)CC1CC. The maximum Gasteiger partial charge on any atom is 0.323 e. The van der Waals surface area contributed by atoms with E-state index >= 15 is 0 Å². The topological polar surface area (TPSA) is 55.8 Å². The van der Waals surface area contributed by atoms with Crippen LogP contribution in [-0.2, 0) is 19.1 Å². The summed E-state index contributed by atoms with van der Waals surface area (Å²) in [5.74, 6) is -0.773. The fraction of sp³-hybridized carbons (Fsp3) is 0.846. The second-order valence-electron chi connectivity index (χ2n) is 4.94. The van der Waals surface area contributed by atoms with Crippen LogP contribution in [0.25, 0.3) is 0 Å². The minimum atomic E-state index is -1.02. The lowest BCUT2D eigenvalue weighted by Crippen LogP contribution is -2.33. The monoisotopic (exact) mass is 257 g/mol. The van der Waals surface area contributed by atoms with Crippen molar-refractivity contribution in [1.29, 1.82) is 0 Å². The zero-order chi connectivity index (χ0) is 13.8. The number of ether oxygens (including phenoxy) is 2. The Morgan fingerprint density at radius 1 is 1.22 bits per heavy atom. The molecule has 0 aromatic heterocycles. The quantitative estimate of drug-likeness (QED) is 0.504. The fourth-order valence-corrected chi connectivity index (χ4v) is 2.12. The lowest BCUT2D eigenvalue weighted by molar-refractivity contribution is -0.165. The first-order chi connectivity index (χ1) is 8.48. The third kappa shape index (κ3) is 3.02. The van der Waals surface area contributed by atoms with Gasteiger partial charge in [-0.3, -0.25) is 9.59 Å². The molecule has 0 aliphatic heterocycles. The summed E-state index contributed by atoms with van der Waals surface area (Å²) >= 11 is 0. The molecule has 5 heteroatoms. The van der Waals surface area contributed by atoms with Gasteiger partial charge in [-0.1, -0.05) is 13.3 Å². The molecule has 0 N–H and O–H groups in total. The summed E-state index contributed by atoms with van der Waals surface area (Å²) in [6.07, 6.45) is 1.35. The van der Waals surface area contributed by atoms with Crippen LogP contribution in [0.2, 0.25) is 0 Å². The molecule has 2 unspecified atom stereocenters. The molecule has 0 heterocycles. The molecule has 0 saturated heterocycles. The molecule has 1 rings (SSSR count). The van der Waals surface area contributed by atoms with Crippen molar-refractivity contribution >= 4 is 11.9 Å². The minimum absolute atomic E-state index is 0.0726. The highest BCUT2D eigenvalue weighted by Crippen LogP contribution is 2.56. The number of carbonyl (C=O) groups excluding carboxylic acids is 2. The summed E-state index contributed by atoms with van der Waals surface area (Å²) in [5.41, 5.74) is -1.02. The molecule has 0 spiro atoms. The summed E-state index contributed by atoms with van der Waals surface area (Å²) < 4.78 is 10.2. The van der Waals surface area contributed by atoms with Crippen LogP contribution in [-0.4, -0.2) is 50.7 Å². The highest BCUT2D eigenvalue weighted by atomic mass is 16.6. The molecular formula is C13H23NO4. The number of hydrogen-bond acceptors (Lipinski definition) is 5. The van der Waals surface area contributed by atoms with E-state index in [1.807, 2.05) is 25.9 Å². The Kier molecular flexibility index (Phi) is 5.14. The van der Waals surface area contributed by atoms with Gasteiger partial charge in [-0.15, -0.1) is 0 Å². The van der Waals surface area contributed by atoms with Gasteiger partial charge < -0.3 is 14.4 Å². The third-order valence-corrected chi connectivity index (χ3v) is 3.37. The van der Waals surface area contributed by atoms with Crippen LogP contribution >= 0.6 is 0 Å². The maximum absolute atomic E-state index is 12.1. The van der Waals surface area contributed by atoms with Gasteiger partial charge in [0, 0.05) is 6.54 Å². The van der Waals surface area contributed by atoms with Crippen molar-refractivity contribution in [3.8, 4) is 0 Å². The van der Waals surface area contributed by atoms with E-state index in [9.17, 15) is 9.59 Å². The molecular weight excluding hydrogens is 234 g/mol. The van der Waals surface area contributed by atoms with Crippen LogP contribution < -0.4 is 0 Å². The van der Waals surface area contributed by atoms with E-state index in [0.29, 0.717) is 26.2 Å². The predicted molar refractivity (Wildman–Crippen MR) is 67.0 cm³/mol. The lowest BCUT2D eigenvalue weighted by atomic mass is 10.0. The van der Waals surface area contributed by atoms with Gasteiger partial charge in [-0.25, -0.2) is 0 Å². The summed E-state index contributed by atoms with van der Waals surface area (Å²) in [5, 5.41) is 0. The molecule has 18 heavy (non-hydrogen) atoms. The average Bonchev–Trinajstić information content (AvgIpc) is 3.04. The van der Waals surface area contributed by atoms with Crippen molar-refractivity contribution in [1.82, 2.24) is 4.90 Å².